The number of likely N-dealkylation sites (tertiary alicyclic amines) is 1. The molecule has 5 nitrogen and oxygen atoms in total. The molecule has 1 aliphatic heterocycles. The van der Waals surface area contributed by atoms with Crippen molar-refractivity contribution in [3.8, 4) is 5.75 Å². The van der Waals surface area contributed by atoms with E-state index in [1.165, 1.54) is 12.1 Å². The number of hydrogen-bond acceptors (Lipinski definition) is 4. The van der Waals surface area contributed by atoms with E-state index in [-0.39, 0.29) is 12.5 Å². The molecule has 2 atom stereocenters. The first kappa shape index (κ1) is 20.3. The highest BCUT2D eigenvalue weighted by Gasteiger charge is 2.39. The number of nitrogens with one attached hydrogen (secondary N) is 1. The van der Waals surface area contributed by atoms with Crippen molar-refractivity contribution >= 4 is 22.4 Å². The molecule has 1 aliphatic rings. The number of fused-ring (bicyclic) bond motifs is 1. The fourth-order valence-corrected chi connectivity index (χ4v) is 3.81. The molecule has 1 fully saturated rings. The Hall–Kier alpha value is -2.96. The van der Waals surface area contributed by atoms with Gasteiger partial charge in [0.05, 0.1) is 6.54 Å². The summed E-state index contributed by atoms with van der Waals surface area (Å²) < 4.78 is 19.4. The van der Waals surface area contributed by atoms with E-state index in [1.807, 2.05) is 47.4 Å². The fraction of sp³-hybridized carbons (Fsp3) is 0.292. The van der Waals surface area contributed by atoms with Crippen LogP contribution in [-0.2, 0) is 4.79 Å². The number of amides is 1. The number of carbonyl (C=O) groups excluding carboxylic acids is 1. The summed E-state index contributed by atoms with van der Waals surface area (Å²) in [5.41, 5.74) is -0.288. The third-order valence-corrected chi connectivity index (χ3v) is 5.56. The van der Waals surface area contributed by atoms with Gasteiger partial charge in [-0.25, -0.2) is 4.39 Å². The number of rotatable bonds is 5. The molecule has 1 saturated heterocycles. The van der Waals surface area contributed by atoms with Crippen LogP contribution < -0.4 is 10.1 Å². The van der Waals surface area contributed by atoms with E-state index < -0.39 is 17.5 Å². The largest absolute Gasteiger partial charge is 0.486 e. The van der Waals surface area contributed by atoms with Crippen LogP contribution >= 0.6 is 0 Å². The van der Waals surface area contributed by atoms with Gasteiger partial charge in [-0.2, -0.15) is 0 Å². The van der Waals surface area contributed by atoms with Crippen molar-refractivity contribution in [2.45, 2.75) is 25.0 Å². The molecule has 0 radical (unpaired) electrons. The third-order valence-electron chi connectivity index (χ3n) is 5.56. The van der Waals surface area contributed by atoms with Crippen molar-refractivity contribution in [3.63, 3.8) is 0 Å². The molecule has 3 aromatic carbocycles. The smallest absolute Gasteiger partial charge is 0.238 e. The van der Waals surface area contributed by atoms with Gasteiger partial charge in [-0.05, 0) is 36.9 Å². The Morgan fingerprint density at radius 1 is 1.20 bits per heavy atom. The second kappa shape index (κ2) is 8.42. The number of aliphatic hydroxyl groups is 1. The molecule has 0 unspecified atom stereocenters. The van der Waals surface area contributed by atoms with E-state index in [0.717, 1.165) is 16.5 Å². The molecular formula is C24H25FN2O3. The third kappa shape index (κ3) is 4.61. The Morgan fingerprint density at radius 2 is 1.97 bits per heavy atom. The van der Waals surface area contributed by atoms with Crippen LogP contribution in [-0.4, -0.2) is 47.3 Å². The molecule has 0 aromatic heterocycles. The zero-order valence-electron chi connectivity index (χ0n) is 16.8. The molecule has 1 heterocycles. The summed E-state index contributed by atoms with van der Waals surface area (Å²) in [5.74, 6) is -0.158. The lowest BCUT2D eigenvalue weighted by molar-refractivity contribution is -0.122. The fourth-order valence-electron chi connectivity index (χ4n) is 3.81. The summed E-state index contributed by atoms with van der Waals surface area (Å²) in [6, 6.07) is 19.6. The number of halogens is 1. The van der Waals surface area contributed by atoms with Crippen LogP contribution in [0.15, 0.2) is 66.7 Å². The maximum Gasteiger partial charge on any atom is 0.238 e. The quantitative estimate of drug-likeness (QED) is 0.674. The summed E-state index contributed by atoms with van der Waals surface area (Å²) in [7, 11) is 0. The van der Waals surface area contributed by atoms with Gasteiger partial charge in [0, 0.05) is 30.2 Å². The standard InChI is InChI=1S/C24H25FN2O3/c1-24(29)12-13-27(15-22(24)30-19-9-5-8-18(25)14-19)16-23(28)26-21-11-4-7-17-6-2-3-10-20(17)21/h2-11,14,22,29H,12-13,15-16H2,1H3,(H,26,28)/t22-,24-/m0/s1. The van der Waals surface area contributed by atoms with Crippen LogP contribution in [0.2, 0.25) is 0 Å². The van der Waals surface area contributed by atoms with Crippen LogP contribution in [0.25, 0.3) is 10.8 Å². The minimum absolute atomic E-state index is 0.127. The first-order valence-electron chi connectivity index (χ1n) is 10.1. The number of hydrogen-bond donors (Lipinski definition) is 2. The van der Waals surface area contributed by atoms with E-state index in [0.29, 0.717) is 25.3 Å². The first-order chi connectivity index (χ1) is 14.4. The van der Waals surface area contributed by atoms with Gasteiger partial charge < -0.3 is 15.2 Å². The van der Waals surface area contributed by atoms with Gasteiger partial charge in [0.15, 0.2) is 0 Å². The molecular weight excluding hydrogens is 383 g/mol. The van der Waals surface area contributed by atoms with E-state index in [4.69, 9.17) is 4.74 Å². The Bertz CT molecular complexity index is 1050. The number of carbonyl (C=O) groups is 1. The van der Waals surface area contributed by atoms with Gasteiger partial charge in [0.25, 0.3) is 0 Å². The van der Waals surface area contributed by atoms with Crippen molar-refractivity contribution in [2.24, 2.45) is 0 Å². The second-order valence-corrected chi connectivity index (χ2v) is 7.98. The zero-order valence-corrected chi connectivity index (χ0v) is 16.8. The number of ether oxygens (including phenoxy) is 1. The summed E-state index contributed by atoms with van der Waals surface area (Å²) in [6.07, 6.45) is -0.118. The Balaban J connectivity index is 1.42. The molecule has 156 valence electrons. The molecule has 4 rings (SSSR count). The number of piperidine rings is 1. The summed E-state index contributed by atoms with van der Waals surface area (Å²) in [5, 5.41) is 15.8. The summed E-state index contributed by atoms with van der Waals surface area (Å²) in [6.45, 7) is 2.83. The van der Waals surface area contributed by atoms with Crippen molar-refractivity contribution < 1.29 is 19.0 Å². The zero-order chi connectivity index (χ0) is 21.1. The second-order valence-electron chi connectivity index (χ2n) is 7.98. The maximum absolute atomic E-state index is 13.5. The predicted octanol–water partition coefficient (Wildman–Crippen LogP) is 3.82. The highest BCUT2D eigenvalue weighted by molar-refractivity contribution is 6.02. The van der Waals surface area contributed by atoms with Crippen molar-refractivity contribution in [2.75, 3.05) is 25.0 Å². The number of anilines is 1. The number of nitrogens with zero attached hydrogens (tertiary/aromatic N) is 1. The van der Waals surface area contributed by atoms with Crippen molar-refractivity contribution in [3.05, 3.63) is 72.5 Å². The van der Waals surface area contributed by atoms with Gasteiger partial charge in [-0.15, -0.1) is 0 Å². The van der Waals surface area contributed by atoms with E-state index >= 15 is 0 Å². The topological polar surface area (TPSA) is 61.8 Å². The Morgan fingerprint density at radius 3 is 2.80 bits per heavy atom. The van der Waals surface area contributed by atoms with Gasteiger partial charge in [-0.1, -0.05) is 42.5 Å². The average Bonchev–Trinajstić information content (AvgIpc) is 2.71. The number of benzene rings is 3. The lowest BCUT2D eigenvalue weighted by atomic mass is 9.90. The SMILES string of the molecule is C[C@]1(O)CCN(CC(=O)Nc2cccc3ccccc23)C[C@@H]1Oc1cccc(F)c1. The first-order valence-corrected chi connectivity index (χ1v) is 10.1. The van der Waals surface area contributed by atoms with Gasteiger partial charge in [0.1, 0.15) is 23.3 Å². The van der Waals surface area contributed by atoms with Crippen molar-refractivity contribution in [1.82, 2.24) is 4.90 Å². The normalized spacial score (nSPS) is 22.0. The summed E-state index contributed by atoms with van der Waals surface area (Å²) in [4.78, 5) is 14.6. The molecule has 6 heteroatoms. The van der Waals surface area contributed by atoms with E-state index in [1.54, 1.807) is 19.1 Å². The monoisotopic (exact) mass is 408 g/mol. The minimum atomic E-state index is -1.06. The lowest BCUT2D eigenvalue weighted by Gasteiger charge is -2.42. The van der Waals surface area contributed by atoms with E-state index in [9.17, 15) is 14.3 Å². The van der Waals surface area contributed by atoms with Crippen LogP contribution in [0.1, 0.15) is 13.3 Å². The van der Waals surface area contributed by atoms with Gasteiger partial charge >= 0.3 is 0 Å². The summed E-state index contributed by atoms with van der Waals surface area (Å²) >= 11 is 0. The molecule has 3 aromatic rings. The maximum atomic E-state index is 13.5. The van der Waals surface area contributed by atoms with Gasteiger partial charge in [-0.3, -0.25) is 9.69 Å². The van der Waals surface area contributed by atoms with E-state index in [2.05, 4.69) is 5.32 Å². The minimum Gasteiger partial charge on any atom is -0.486 e. The predicted molar refractivity (Wildman–Crippen MR) is 115 cm³/mol. The van der Waals surface area contributed by atoms with Crippen LogP contribution in [0.5, 0.6) is 5.75 Å². The Labute approximate surface area is 175 Å². The average molecular weight is 408 g/mol. The highest BCUT2D eigenvalue weighted by Crippen LogP contribution is 2.27. The van der Waals surface area contributed by atoms with Gasteiger partial charge in [0.2, 0.25) is 5.91 Å². The molecule has 2 N–H and O–H groups in total. The van der Waals surface area contributed by atoms with Crippen LogP contribution in [0.4, 0.5) is 10.1 Å². The molecule has 0 aliphatic carbocycles. The van der Waals surface area contributed by atoms with Crippen LogP contribution in [0, 0.1) is 5.82 Å². The highest BCUT2D eigenvalue weighted by atomic mass is 19.1. The Kier molecular flexibility index (Phi) is 5.70. The van der Waals surface area contributed by atoms with Crippen LogP contribution in [0.3, 0.4) is 0 Å². The molecule has 30 heavy (non-hydrogen) atoms. The lowest BCUT2D eigenvalue weighted by Crippen LogP contribution is -2.57. The molecule has 0 bridgehead atoms. The molecule has 1 amide bonds. The van der Waals surface area contributed by atoms with Crippen molar-refractivity contribution in [1.29, 1.82) is 0 Å². The molecule has 0 spiro atoms. The molecule has 0 saturated carbocycles.